The van der Waals surface area contributed by atoms with Crippen LogP contribution in [0.3, 0.4) is 0 Å². The van der Waals surface area contributed by atoms with Gasteiger partial charge in [-0.05, 0) is 13.3 Å². The standard InChI is InChI=1S/C20H27F3N6O3/c1-4-6-8-14-25-16-15(17(30)26(14)3)28(11-7-5-2)19(27-12-9-24-10-13-27)29(16)32-18(31)20(21,22)23/h19,24H,4,6,8-13H2,1-3H3. The lowest BCUT2D eigenvalue weighted by atomic mass is 10.2. The molecule has 0 aliphatic carbocycles. The Morgan fingerprint density at radius 1 is 1.31 bits per heavy atom. The molecule has 1 fully saturated rings. The number of hydrogen-bond donors (Lipinski definition) is 1. The van der Waals surface area contributed by atoms with Crippen molar-refractivity contribution < 1.29 is 22.8 Å². The van der Waals surface area contributed by atoms with Crippen LogP contribution in [0.5, 0.6) is 0 Å². The molecular formula is C20H27F3N6O3. The second-order valence-corrected chi connectivity index (χ2v) is 7.56. The number of carbonyl (C=O) groups is 1. The van der Waals surface area contributed by atoms with Crippen molar-refractivity contribution in [2.45, 2.75) is 45.6 Å². The molecule has 1 aromatic heterocycles. The molecule has 1 unspecified atom stereocenters. The number of nitrogens with zero attached hydrogens (tertiary/aromatic N) is 5. The van der Waals surface area contributed by atoms with E-state index in [1.807, 2.05) is 11.8 Å². The monoisotopic (exact) mass is 456 g/mol. The van der Waals surface area contributed by atoms with Gasteiger partial charge >= 0.3 is 12.1 Å². The van der Waals surface area contributed by atoms with Gasteiger partial charge in [0.15, 0.2) is 17.8 Å². The molecule has 176 valence electrons. The molecule has 0 aromatic carbocycles. The number of alkyl halides is 3. The first-order chi connectivity index (χ1) is 15.2. The third-order valence-corrected chi connectivity index (χ3v) is 5.40. The van der Waals surface area contributed by atoms with Crippen molar-refractivity contribution in [2.75, 3.05) is 42.7 Å². The van der Waals surface area contributed by atoms with E-state index in [0.717, 1.165) is 17.9 Å². The van der Waals surface area contributed by atoms with E-state index in [2.05, 4.69) is 22.1 Å². The summed E-state index contributed by atoms with van der Waals surface area (Å²) in [6.07, 6.45) is -4.12. The maximum atomic E-state index is 13.3. The SMILES string of the molecule is CC#CCN1c2c(nc(CCCC)n(C)c2=O)N(OC(=O)C(F)(F)F)C1N1CCNCC1. The van der Waals surface area contributed by atoms with E-state index in [1.165, 1.54) is 4.57 Å². The number of fused-ring (bicyclic) bond motifs is 1. The minimum Gasteiger partial charge on any atom is -0.327 e. The van der Waals surface area contributed by atoms with Crippen molar-refractivity contribution in [3.8, 4) is 11.8 Å². The summed E-state index contributed by atoms with van der Waals surface area (Å²) in [5, 5.41) is 4.00. The van der Waals surface area contributed by atoms with Crippen LogP contribution in [0.2, 0.25) is 0 Å². The molecule has 3 heterocycles. The molecule has 0 amide bonds. The third-order valence-electron chi connectivity index (χ3n) is 5.40. The molecule has 3 rings (SSSR count). The summed E-state index contributed by atoms with van der Waals surface area (Å²) in [6, 6.07) is 0. The zero-order valence-electron chi connectivity index (χ0n) is 18.3. The molecule has 9 nitrogen and oxygen atoms in total. The highest BCUT2D eigenvalue weighted by Crippen LogP contribution is 2.38. The molecule has 0 spiro atoms. The highest BCUT2D eigenvalue weighted by Gasteiger charge is 2.50. The summed E-state index contributed by atoms with van der Waals surface area (Å²) in [5.41, 5.74) is -0.362. The quantitative estimate of drug-likeness (QED) is 0.635. The number of halogens is 3. The Morgan fingerprint density at radius 3 is 2.59 bits per heavy atom. The molecule has 0 bridgehead atoms. The van der Waals surface area contributed by atoms with Crippen LogP contribution in [-0.4, -0.2) is 65.6 Å². The van der Waals surface area contributed by atoms with Crippen LogP contribution in [0, 0.1) is 11.8 Å². The van der Waals surface area contributed by atoms with Gasteiger partial charge in [0.2, 0.25) is 0 Å². The van der Waals surface area contributed by atoms with Gasteiger partial charge in [0, 0.05) is 39.6 Å². The predicted molar refractivity (Wildman–Crippen MR) is 112 cm³/mol. The topological polar surface area (TPSA) is 82.9 Å². The average Bonchev–Trinajstić information content (AvgIpc) is 3.06. The summed E-state index contributed by atoms with van der Waals surface area (Å²) in [7, 11) is 1.58. The zero-order valence-corrected chi connectivity index (χ0v) is 18.3. The average molecular weight is 456 g/mol. The molecule has 2 aliphatic heterocycles. The van der Waals surface area contributed by atoms with Gasteiger partial charge in [-0.3, -0.25) is 14.3 Å². The summed E-state index contributed by atoms with van der Waals surface area (Å²) in [4.78, 5) is 37.8. The van der Waals surface area contributed by atoms with Crippen LogP contribution < -0.4 is 20.8 Å². The Morgan fingerprint density at radius 2 is 2.00 bits per heavy atom. The van der Waals surface area contributed by atoms with Crippen LogP contribution >= 0.6 is 0 Å². The fourth-order valence-electron chi connectivity index (χ4n) is 3.75. The largest absolute Gasteiger partial charge is 0.493 e. The lowest BCUT2D eigenvalue weighted by Crippen LogP contribution is -2.61. The molecule has 0 radical (unpaired) electrons. The molecular weight excluding hydrogens is 429 g/mol. The number of hydroxylamine groups is 1. The zero-order chi connectivity index (χ0) is 23.5. The number of rotatable bonds is 6. The van der Waals surface area contributed by atoms with Gasteiger partial charge in [-0.1, -0.05) is 19.3 Å². The fourth-order valence-corrected chi connectivity index (χ4v) is 3.75. The molecule has 1 N–H and O–H groups in total. The van der Waals surface area contributed by atoms with E-state index >= 15 is 0 Å². The smallest absolute Gasteiger partial charge is 0.327 e. The van der Waals surface area contributed by atoms with Crippen molar-refractivity contribution in [1.82, 2.24) is 19.8 Å². The first-order valence-corrected chi connectivity index (χ1v) is 10.5. The molecule has 1 atom stereocenters. The summed E-state index contributed by atoms with van der Waals surface area (Å²) in [6.45, 7) is 5.79. The summed E-state index contributed by atoms with van der Waals surface area (Å²) < 4.78 is 40.7. The minimum atomic E-state index is -5.20. The molecule has 0 saturated carbocycles. The van der Waals surface area contributed by atoms with Crippen LogP contribution in [0.4, 0.5) is 24.7 Å². The lowest BCUT2D eigenvalue weighted by Gasteiger charge is -2.40. The lowest BCUT2D eigenvalue weighted by molar-refractivity contribution is -0.203. The summed E-state index contributed by atoms with van der Waals surface area (Å²) >= 11 is 0. The number of carbonyl (C=O) groups excluding carboxylic acids is 1. The Balaban J connectivity index is 2.15. The van der Waals surface area contributed by atoms with Crippen molar-refractivity contribution >= 4 is 17.5 Å². The van der Waals surface area contributed by atoms with Crippen LogP contribution in [0.25, 0.3) is 0 Å². The minimum absolute atomic E-state index is 0.0589. The van der Waals surface area contributed by atoms with Crippen molar-refractivity contribution in [3.63, 3.8) is 0 Å². The molecule has 1 saturated heterocycles. The first-order valence-electron chi connectivity index (χ1n) is 10.5. The van der Waals surface area contributed by atoms with Gasteiger partial charge in [-0.2, -0.15) is 13.2 Å². The van der Waals surface area contributed by atoms with Crippen molar-refractivity contribution in [1.29, 1.82) is 0 Å². The number of hydrogen-bond acceptors (Lipinski definition) is 8. The highest BCUT2D eigenvalue weighted by molar-refractivity contribution is 5.79. The summed E-state index contributed by atoms with van der Waals surface area (Å²) in [5.74, 6) is 3.55. The van der Waals surface area contributed by atoms with Gasteiger partial charge in [-0.25, -0.2) is 9.78 Å². The molecule has 2 aliphatic rings. The fraction of sp³-hybridized carbons (Fsp3) is 0.650. The first kappa shape index (κ1) is 23.9. The van der Waals surface area contributed by atoms with Crippen molar-refractivity contribution in [2.24, 2.45) is 7.05 Å². The van der Waals surface area contributed by atoms with E-state index in [9.17, 15) is 22.8 Å². The number of anilines is 2. The van der Waals surface area contributed by atoms with Crippen molar-refractivity contribution in [3.05, 3.63) is 16.2 Å². The second-order valence-electron chi connectivity index (χ2n) is 7.56. The molecule has 32 heavy (non-hydrogen) atoms. The van der Waals surface area contributed by atoms with Gasteiger partial charge in [0.25, 0.3) is 5.56 Å². The van der Waals surface area contributed by atoms with E-state index in [1.54, 1.807) is 18.9 Å². The van der Waals surface area contributed by atoms with Gasteiger partial charge in [-0.15, -0.1) is 11.0 Å². The van der Waals surface area contributed by atoms with Crippen LogP contribution in [-0.2, 0) is 23.1 Å². The Labute approximate surface area is 184 Å². The maximum absolute atomic E-state index is 13.3. The molecule has 12 heteroatoms. The number of aromatic nitrogens is 2. The Bertz CT molecular complexity index is 962. The van der Waals surface area contributed by atoms with Gasteiger partial charge < -0.3 is 15.1 Å². The normalized spacial score (nSPS) is 18.9. The van der Waals surface area contributed by atoms with E-state index < -0.39 is 24.0 Å². The van der Waals surface area contributed by atoms with Crippen LogP contribution in [0.15, 0.2) is 4.79 Å². The highest BCUT2D eigenvalue weighted by atomic mass is 19.4. The van der Waals surface area contributed by atoms with Crippen LogP contribution in [0.1, 0.15) is 32.5 Å². The second kappa shape index (κ2) is 9.79. The Kier molecular flexibility index (Phi) is 7.30. The van der Waals surface area contributed by atoms with E-state index in [4.69, 9.17) is 4.84 Å². The van der Waals surface area contributed by atoms with E-state index in [0.29, 0.717) is 38.4 Å². The number of unbranched alkanes of at least 4 members (excludes halogenated alkanes) is 1. The van der Waals surface area contributed by atoms with Gasteiger partial charge in [0.1, 0.15) is 5.82 Å². The van der Waals surface area contributed by atoms with E-state index in [-0.39, 0.29) is 18.1 Å². The third kappa shape index (κ3) is 4.68. The maximum Gasteiger partial charge on any atom is 0.493 e. The number of nitrogens with one attached hydrogen (secondary N) is 1. The van der Waals surface area contributed by atoms with Gasteiger partial charge in [0.05, 0.1) is 6.54 Å². The predicted octanol–water partition coefficient (Wildman–Crippen LogP) is 0.982. The molecule has 1 aromatic rings. The number of aryl methyl sites for hydroxylation is 1. The Hall–Kier alpha value is -2.78. The number of piperazine rings is 1.